The first-order chi connectivity index (χ1) is 5.68. The Kier molecular flexibility index (Phi) is 1.77. The van der Waals surface area contributed by atoms with Crippen LogP contribution in [0.5, 0.6) is 0 Å². The Morgan fingerprint density at radius 3 is 3.08 bits per heavy atom. The van der Waals surface area contributed by atoms with Crippen LogP contribution in [0.3, 0.4) is 0 Å². The highest BCUT2D eigenvalue weighted by Crippen LogP contribution is 2.46. The minimum absolute atomic E-state index is 0.246. The van der Waals surface area contributed by atoms with Crippen molar-refractivity contribution < 1.29 is 9.84 Å². The Labute approximate surface area is 73.2 Å². The van der Waals surface area contributed by atoms with Crippen molar-refractivity contribution in [3.63, 3.8) is 0 Å². The zero-order chi connectivity index (χ0) is 8.77. The Bertz CT molecular complexity index is 222. The second-order valence-electron chi connectivity index (χ2n) is 4.06. The van der Waals surface area contributed by atoms with Gasteiger partial charge in [-0.25, -0.2) is 0 Å². The third-order valence-corrected chi connectivity index (χ3v) is 3.52. The summed E-state index contributed by atoms with van der Waals surface area (Å²) in [5.74, 6) is 0.661. The van der Waals surface area contributed by atoms with E-state index < -0.39 is 0 Å². The van der Waals surface area contributed by atoms with Gasteiger partial charge in [0.15, 0.2) is 0 Å². The largest absolute Gasteiger partial charge is 0.386 e. The van der Waals surface area contributed by atoms with Gasteiger partial charge in [-0.3, -0.25) is 0 Å². The molecule has 0 spiro atoms. The molecule has 1 N–H and O–H groups in total. The smallest absolute Gasteiger partial charge is 0.101 e. The quantitative estimate of drug-likeness (QED) is 0.601. The Morgan fingerprint density at radius 1 is 1.67 bits per heavy atom. The van der Waals surface area contributed by atoms with E-state index in [0.717, 1.165) is 12.8 Å². The third kappa shape index (κ3) is 0.947. The average Bonchev–Trinajstić information content (AvgIpc) is 2.44. The van der Waals surface area contributed by atoms with Gasteiger partial charge in [0.05, 0.1) is 5.60 Å². The summed E-state index contributed by atoms with van der Waals surface area (Å²) in [5.41, 5.74) is 1.09. The van der Waals surface area contributed by atoms with E-state index >= 15 is 0 Å². The van der Waals surface area contributed by atoms with Crippen LogP contribution >= 0.6 is 0 Å². The number of methoxy groups -OCH3 is 1. The van der Waals surface area contributed by atoms with E-state index in [0.29, 0.717) is 5.92 Å². The van der Waals surface area contributed by atoms with Crippen molar-refractivity contribution >= 4 is 0 Å². The van der Waals surface area contributed by atoms with Gasteiger partial charge in [0.2, 0.25) is 0 Å². The third-order valence-electron chi connectivity index (χ3n) is 3.52. The molecule has 68 valence electrons. The molecule has 0 aromatic heterocycles. The fraction of sp³-hybridized carbons (Fsp3) is 0.800. The minimum Gasteiger partial charge on any atom is -0.386 e. The summed E-state index contributed by atoms with van der Waals surface area (Å²) in [6.07, 6.45) is 4.76. The van der Waals surface area contributed by atoms with Gasteiger partial charge < -0.3 is 9.84 Å². The summed E-state index contributed by atoms with van der Waals surface area (Å²) >= 11 is 0. The van der Waals surface area contributed by atoms with Gasteiger partial charge in [0.25, 0.3) is 0 Å². The fourth-order valence-electron chi connectivity index (χ4n) is 2.54. The summed E-state index contributed by atoms with van der Waals surface area (Å²) in [6.45, 7) is 2.11. The first kappa shape index (κ1) is 8.27. The van der Waals surface area contributed by atoms with Gasteiger partial charge in [-0.1, -0.05) is 11.6 Å². The maximum atomic E-state index is 9.82. The highest BCUT2D eigenvalue weighted by molar-refractivity contribution is 5.21. The molecule has 2 aliphatic carbocycles. The van der Waals surface area contributed by atoms with Crippen molar-refractivity contribution in [2.45, 2.75) is 37.9 Å². The van der Waals surface area contributed by atoms with Crippen LogP contribution < -0.4 is 0 Å². The molecule has 1 fully saturated rings. The van der Waals surface area contributed by atoms with Crippen molar-refractivity contribution in [1.29, 1.82) is 0 Å². The maximum absolute atomic E-state index is 9.82. The monoisotopic (exact) mass is 168 g/mol. The zero-order valence-corrected chi connectivity index (χ0v) is 7.71. The second-order valence-corrected chi connectivity index (χ2v) is 4.06. The van der Waals surface area contributed by atoms with E-state index in [2.05, 4.69) is 6.92 Å². The second kappa shape index (κ2) is 2.57. The molecule has 2 nitrogen and oxygen atoms in total. The lowest BCUT2D eigenvalue weighted by molar-refractivity contribution is -0.0835. The Morgan fingerprint density at radius 2 is 2.42 bits per heavy atom. The van der Waals surface area contributed by atoms with Crippen LogP contribution in [-0.2, 0) is 4.74 Å². The molecule has 3 atom stereocenters. The molecule has 2 bridgehead atoms. The van der Waals surface area contributed by atoms with Crippen molar-refractivity contribution in [2.24, 2.45) is 5.92 Å². The molecule has 0 aromatic carbocycles. The SMILES string of the molecule is CO[C@@]12CC[C@@H](C1)C(C)=C[C@@H]2O. The van der Waals surface area contributed by atoms with E-state index in [-0.39, 0.29) is 11.7 Å². The molecular weight excluding hydrogens is 152 g/mol. The summed E-state index contributed by atoms with van der Waals surface area (Å²) in [5, 5.41) is 9.82. The van der Waals surface area contributed by atoms with Crippen LogP contribution in [0.2, 0.25) is 0 Å². The van der Waals surface area contributed by atoms with Gasteiger partial charge in [-0.05, 0) is 32.1 Å². The Balaban J connectivity index is 2.31. The first-order valence-electron chi connectivity index (χ1n) is 4.59. The van der Waals surface area contributed by atoms with Crippen molar-refractivity contribution in [3.8, 4) is 0 Å². The summed E-state index contributed by atoms with van der Waals surface area (Å²) in [6, 6.07) is 0. The molecule has 2 heteroatoms. The van der Waals surface area contributed by atoms with E-state index in [9.17, 15) is 5.11 Å². The van der Waals surface area contributed by atoms with Gasteiger partial charge in [0, 0.05) is 7.11 Å². The summed E-state index contributed by atoms with van der Waals surface area (Å²) < 4.78 is 5.44. The van der Waals surface area contributed by atoms with Gasteiger partial charge in [0.1, 0.15) is 6.10 Å². The highest BCUT2D eigenvalue weighted by atomic mass is 16.5. The topological polar surface area (TPSA) is 29.5 Å². The molecular formula is C10H16O2. The van der Waals surface area contributed by atoms with Gasteiger partial charge >= 0.3 is 0 Å². The van der Waals surface area contributed by atoms with E-state index in [1.54, 1.807) is 7.11 Å². The number of aliphatic hydroxyl groups excluding tert-OH is 1. The lowest BCUT2D eigenvalue weighted by Crippen LogP contribution is -2.42. The highest BCUT2D eigenvalue weighted by Gasteiger charge is 2.47. The molecule has 1 saturated carbocycles. The number of hydrogen-bond donors (Lipinski definition) is 1. The standard InChI is InChI=1S/C10H16O2/c1-7-5-9(11)10(12-2)4-3-8(7)6-10/h5,8-9,11H,3-4,6H2,1-2H3/t8-,9-,10-/m0/s1. The predicted molar refractivity (Wildman–Crippen MR) is 46.8 cm³/mol. The molecule has 2 aliphatic rings. The molecule has 2 rings (SSSR count). The normalized spacial score (nSPS) is 46.1. The Hall–Kier alpha value is -0.340. The van der Waals surface area contributed by atoms with Crippen LogP contribution in [0, 0.1) is 5.92 Å². The number of hydrogen-bond acceptors (Lipinski definition) is 2. The number of aliphatic hydroxyl groups is 1. The lowest BCUT2D eigenvalue weighted by atomic mass is 9.84. The summed E-state index contributed by atoms with van der Waals surface area (Å²) in [4.78, 5) is 0. The average molecular weight is 168 g/mol. The van der Waals surface area contributed by atoms with E-state index in [4.69, 9.17) is 4.74 Å². The molecule has 0 heterocycles. The number of allylic oxidation sites excluding steroid dienone is 1. The van der Waals surface area contributed by atoms with E-state index in [1.807, 2.05) is 6.08 Å². The molecule has 0 aromatic rings. The van der Waals surface area contributed by atoms with Crippen molar-refractivity contribution in [3.05, 3.63) is 11.6 Å². The molecule has 0 saturated heterocycles. The molecule has 12 heavy (non-hydrogen) atoms. The van der Waals surface area contributed by atoms with Gasteiger partial charge in [-0.15, -0.1) is 0 Å². The van der Waals surface area contributed by atoms with Crippen LogP contribution in [0.25, 0.3) is 0 Å². The molecule has 0 unspecified atom stereocenters. The molecule has 0 radical (unpaired) electrons. The number of rotatable bonds is 1. The van der Waals surface area contributed by atoms with Gasteiger partial charge in [-0.2, -0.15) is 0 Å². The molecule has 0 aliphatic heterocycles. The fourth-order valence-corrected chi connectivity index (χ4v) is 2.54. The van der Waals surface area contributed by atoms with E-state index in [1.165, 1.54) is 12.0 Å². The predicted octanol–water partition coefficient (Wildman–Crippen LogP) is 1.49. The van der Waals surface area contributed by atoms with Crippen LogP contribution in [0.1, 0.15) is 26.2 Å². The maximum Gasteiger partial charge on any atom is 0.101 e. The number of fused-ring (bicyclic) bond motifs is 2. The first-order valence-corrected chi connectivity index (χ1v) is 4.59. The van der Waals surface area contributed by atoms with Crippen LogP contribution in [0.15, 0.2) is 11.6 Å². The molecule has 0 amide bonds. The zero-order valence-electron chi connectivity index (χ0n) is 7.71. The summed E-state index contributed by atoms with van der Waals surface area (Å²) in [7, 11) is 1.71. The number of ether oxygens (including phenoxy) is 1. The lowest BCUT2D eigenvalue weighted by Gasteiger charge is -2.35. The van der Waals surface area contributed by atoms with Crippen molar-refractivity contribution in [1.82, 2.24) is 0 Å². The van der Waals surface area contributed by atoms with Crippen molar-refractivity contribution in [2.75, 3.05) is 7.11 Å². The minimum atomic E-state index is -0.388. The van der Waals surface area contributed by atoms with Crippen LogP contribution in [0.4, 0.5) is 0 Å². The van der Waals surface area contributed by atoms with Crippen LogP contribution in [-0.4, -0.2) is 23.9 Å².